The van der Waals surface area contributed by atoms with Crippen LogP contribution < -0.4 is 16.1 Å². The minimum absolute atomic E-state index is 0.0474. The third kappa shape index (κ3) is 6.70. The van der Waals surface area contributed by atoms with E-state index in [9.17, 15) is 0 Å². The van der Waals surface area contributed by atoms with Crippen molar-refractivity contribution < 1.29 is 8.78 Å². The van der Waals surface area contributed by atoms with Gasteiger partial charge in [0.05, 0.1) is 17.3 Å². The lowest BCUT2D eigenvalue weighted by Crippen LogP contribution is -2.56. The van der Waals surface area contributed by atoms with E-state index in [0.29, 0.717) is 29.3 Å². The Morgan fingerprint density at radius 1 is 0.787 bits per heavy atom. The van der Waals surface area contributed by atoms with Gasteiger partial charge in [0.1, 0.15) is 19.1 Å². The number of fused-ring (bicyclic) bond motifs is 4. The standard InChI is InChI=1S/C38H55F2N3S3Si/c1-10-15-17-23(12-3)21-47(22-24(13-4)18-16-11-2)26-19-25(44-35(26)36-27(47)20-28(45-36)37(6,7)8)29-31(39)32(40)30(38(9,41)14-5)34-33(29)42-46-43-34/h19-20,23-24H,10-18,21-22,41H2,1-9H3. The van der Waals surface area contributed by atoms with Crippen molar-refractivity contribution in [2.75, 3.05) is 0 Å². The number of nitrogens with zero attached hydrogens (tertiary/aromatic N) is 2. The molecule has 0 radical (unpaired) electrons. The first-order chi connectivity index (χ1) is 22.3. The maximum absolute atomic E-state index is 16.5. The number of halogens is 2. The van der Waals surface area contributed by atoms with Crippen molar-refractivity contribution in [1.29, 1.82) is 0 Å². The number of hydrogen-bond acceptors (Lipinski definition) is 6. The predicted molar refractivity (Wildman–Crippen MR) is 206 cm³/mol. The van der Waals surface area contributed by atoms with Crippen LogP contribution >= 0.6 is 34.4 Å². The van der Waals surface area contributed by atoms with Gasteiger partial charge in [-0.3, -0.25) is 0 Å². The quantitative estimate of drug-likeness (QED) is 0.125. The molecule has 3 atom stereocenters. The monoisotopic (exact) mass is 715 g/mol. The summed E-state index contributed by atoms with van der Waals surface area (Å²) in [4.78, 5) is 4.91. The topological polar surface area (TPSA) is 51.8 Å². The third-order valence-electron chi connectivity index (χ3n) is 10.9. The van der Waals surface area contributed by atoms with Crippen molar-refractivity contribution in [1.82, 2.24) is 8.75 Å². The maximum atomic E-state index is 16.5. The van der Waals surface area contributed by atoms with Crippen molar-refractivity contribution in [3.8, 4) is 20.2 Å². The molecule has 0 aliphatic carbocycles. The summed E-state index contributed by atoms with van der Waals surface area (Å²) in [5.41, 5.74) is 6.76. The van der Waals surface area contributed by atoms with E-state index in [4.69, 9.17) is 5.73 Å². The van der Waals surface area contributed by atoms with E-state index in [1.807, 2.05) is 18.3 Å². The number of rotatable bonds is 15. The number of aromatic nitrogens is 2. The van der Waals surface area contributed by atoms with Gasteiger partial charge in [-0.1, -0.05) is 107 Å². The van der Waals surface area contributed by atoms with Crippen molar-refractivity contribution in [3.05, 3.63) is 34.2 Å². The van der Waals surface area contributed by atoms with Crippen LogP contribution in [-0.2, 0) is 11.0 Å². The van der Waals surface area contributed by atoms with Crippen LogP contribution in [0, 0.1) is 23.5 Å². The lowest BCUT2D eigenvalue weighted by molar-refractivity contribution is 0.427. The van der Waals surface area contributed by atoms with Gasteiger partial charge in [-0.05, 0) is 65.2 Å². The zero-order valence-electron chi connectivity index (χ0n) is 30.0. The molecule has 4 aromatic rings. The first kappa shape index (κ1) is 36.7. The molecule has 0 saturated heterocycles. The first-order valence-electron chi connectivity index (χ1n) is 18.0. The Morgan fingerprint density at radius 2 is 1.34 bits per heavy atom. The van der Waals surface area contributed by atoms with E-state index in [2.05, 4.69) is 69.3 Å². The average Bonchev–Trinajstić information content (AvgIpc) is 3.82. The minimum atomic E-state index is -2.29. The van der Waals surface area contributed by atoms with Gasteiger partial charge in [-0.2, -0.15) is 8.75 Å². The molecular formula is C38H55F2N3S3Si. The van der Waals surface area contributed by atoms with Crippen LogP contribution in [0.2, 0.25) is 12.1 Å². The molecule has 3 unspecified atom stereocenters. The lowest BCUT2D eigenvalue weighted by atomic mass is 9.87. The molecule has 1 aliphatic rings. The van der Waals surface area contributed by atoms with Gasteiger partial charge in [0, 0.05) is 30.6 Å². The highest BCUT2D eigenvalue weighted by Crippen LogP contribution is 2.50. The Balaban J connectivity index is 1.79. The predicted octanol–water partition coefficient (Wildman–Crippen LogP) is 11.6. The van der Waals surface area contributed by atoms with E-state index >= 15 is 8.78 Å². The summed E-state index contributed by atoms with van der Waals surface area (Å²) in [6.07, 6.45) is 10.3. The van der Waals surface area contributed by atoms with E-state index in [-0.39, 0.29) is 16.5 Å². The summed E-state index contributed by atoms with van der Waals surface area (Å²) in [5, 5.41) is 3.08. The van der Waals surface area contributed by atoms with Gasteiger partial charge in [0.25, 0.3) is 0 Å². The van der Waals surface area contributed by atoms with Gasteiger partial charge in [-0.25, -0.2) is 8.78 Å². The zero-order chi connectivity index (χ0) is 34.3. The molecule has 1 aromatic carbocycles. The summed E-state index contributed by atoms with van der Waals surface area (Å²) in [7, 11) is -2.29. The van der Waals surface area contributed by atoms with Crippen molar-refractivity contribution in [2.24, 2.45) is 17.6 Å². The number of nitrogens with two attached hydrogens (primary N) is 1. The Hall–Kier alpha value is -1.52. The van der Waals surface area contributed by atoms with E-state index in [1.165, 1.54) is 83.3 Å². The molecule has 3 aromatic heterocycles. The Bertz CT molecular complexity index is 1680. The minimum Gasteiger partial charge on any atom is -0.321 e. The molecule has 47 heavy (non-hydrogen) atoms. The highest BCUT2D eigenvalue weighted by atomic mass is 32.1. The molecule has 0 fully saturated rings. The summed E-state index contributed by atoms with van der Waals surface area (Å²) in [6, 6.07) is 7.33. The molecule has 3 nitrogen and oxygen atoms in total. The normalized spacial score (nSPS) is 18.8. The third-order valence-corrected chi connectivity index (χ3v) is 20.1. The van der Waals surface area contributed by atoms with E-state index in [0.717, 1.165) is 16.6 Å². The molecule has 258 valence electrons. The molecule has 2 N–H and O–H groups in total. The van der Waals surface area contributed by atoms with Gasteiger partial charge in [-0.15, -0.1) is 22.7 Å². The molecule has 0 spiro atoms. The number of unbranched alkanes of at least 4 members (excludes halogenated alkanes) is 2. The summed E-state index contributed by atoms with van der Waals surface area (Å²) in [5.74, 6) is -0.413. The van der Waals surface area contributed by atoms with Crippen LogP contribution in [0.15, 0.2) is 12.1 Å². The Morgan fingerprint density at radius 3 is 1.87 bits per heavy atom. The highest BCUT2D eigenvalue weighted by Gasteiger charge is 2.50. The summed E-state index contributed by atoms with van der Waals surface area (Å²) < 4.78 is 41.7. The fraction of sp³-hybridized carbons (Fsp3) is 0.632. The van der Waals surface area contributed by atoms with E-state index < -0.39 is 25.2 Å². The Labute approximate surface area is 295 Å². The zero-order valence-corrected chi connectivity index (χ0v) is 33.5. The van der Waals surface area contributed by atoms with E-state index in [1.54, 1.807) is 23.4 Å². The molecule has 1 aliphatic heterocycles. The second-order valence-corrected chi connectivity index (χ2v) is 22.1. The SMILES string of the molecule is CCCCC(CC)C[Si]1(CC(CC)CCCC)c2cc(-c3c(F)c(F)c(C(C)(N)CC)c4nsnc34)sc2-c2sc(C(C)(C)C)cc21. The molecule has 0 amide bonds. The summed E-state index contributed by atoms with van der Waals surface area (Å²) >= 11 is 4.61. The van der Waals surface area contributed by atoms with Crippen molar-refractivity contribution in [2.45, 2.75) is 143 Å². The smallest absolute Gasteiger partial charge is 0.170 e. The van der Waals surface area contributed by atoms with Gasteiger partial charge >= 0.3 is 0 Å². The van der Waals surface area contributed by atoms with Crippen LogP contribution in [0.1, 0.15) is 131 Å². The van der Waals surface area contributed by atoms with Crippen molar-refractivity contribution in [3.63, 3.8) is 0 Å². The molecule has 9 heteroatoms. The molecule has 0 bridgehead atoms. The number of thiophene rings is 2. The largest absolute Gasteiger partial charge is 0.321 e. The molecule has 4 heterocycles. The summed E-state index contributed by atoms with van der Waals surface area (Å²) in [6.45, 7) is 19.9. The Kier molecular flexibility index (Phi) is 11.2. The fourth-order valence-corrected chi connectivity index (χ4v) is 18.8. The van der Waals surface area contributed by atoms with Crippen LogP contribution in [-0.4, -0.2) is 16.8 Å². The van der Waals surface area contributed by atoms with Gasteiger partial charge in [0.2, 0.25) is 0 Å². The first-order valence-corrected chi connectivity index (χ1v) is 22.8. The van der Waals surface area contributed by atoms with Crippen molar-refractivity contribution >= 4 is 63.9 Å². The molecular weight excluding hydrogens is 661 g/mol. The fourth-order valence-electron chi connectivity index (χ4n) is 7.73. The molecule has 0 saturated carbocycles. The number of hydrogen-bond donors (Lipinski definition) is 1. The lowest BCUT2D eigenvalue weighted by Gasteiger charge is -2.36. The van der Waals surface area contributed by atoms with Crippen LogP contribution in [0.4, 0.5) is 8.78 Å². The van der Waals surface area contributed by atoms with Crippen LogP contribution in [0.3, 0.4) is 0 Å². The van der Waals surface area contributed by atoms with Crippen LogP contribution in [0.25, 0.3) is 31.2 Å². The van der Waals surface area contributed by atoms with Crippen LogP contribution in [0.5, 0.6) is 0 Å². The highest BCUT2D eigenvalue weighted by molar-refractivity contribution is 7.30. The number of benzene rings is 1. The van der Waals surface area contributed by atoms with Gasteiger partial charge in [0.15, 0.2) is 11.6 Å². The average molecular weight is 716 g/mol. The second kappa shape index (κ2) is 14.4. The van der Waals surface area contributed by atoms with Gasteiger partial charge < -0.3 is 5.73 Å². The second-order valence-electron chi connectivity index (χ2n) is 15.4. The molecule has 5 rings (SSSR count). The maximum Gasteiger partial charge on any atom is 0.170 e.